The van der Waals surface area contributed by atoms with Crippen molar-refractivity contribution < 1.29 is 14.6 Å². The summed E-state index contributed by atoms with van der Waals surface area (Å²) in [6.07, 6.45) is 5.25. The number of allylic oxidation sites excluding steroid dienone is 1. The minimum Gasteiger partial charge on any atom is -0.459 e. The van der Waals surface area contributed by atoms with E-state index in [1.54, 1.807) is 0 Å². The molecule has 0 radical (unpaired) electrons. The van der Waals surface area contributed by atoms with Gasteiger partial charge in [-0.2, -0.15) is 0 Å². The Morgan fingerprint density at radius 1 is 1.50 bits per heavy atom. The Kier molecular flexibility index (Phi) is 6.21. The molecule has 4 heteroatoms. The first kappa shape index (κ1) is 17.2. The van der Waals surface area contributed by atoms with Crippen LogP contribution in [0.2, 0.25) is 0 Å². The molecule has 0 aromatic heterocycles. The molecule has 3 atom stereocenters. The number of carbonyl (C=O) groups is 1. The van der Waals surface area contributed by atoms with Crippen molar-refractivity contribution in [1.82, 2.24) is 4.90 Å². The fraction of sp³-hybridized carbons (Fsp3) is 0.812. The zero-order chi connectivity index (χ0) is 15.3. The molecule has 20 heavy (non-hydrogen) atoms. The monoisotopic (exact) mass is 283 g/mol. The van der Waals surface area contributed by atoms with Crippen LogP contribution in [-0.2, 0) is 9.53 Å². The molecule has 0 bridgehead atoms. The van der Waals surface area contributed by atoms with Crippen LogP contribution in [0.4, 0.5) is 0 Å². The van der Waals surface area contributed by atoms with E-state index in [1.807, 2.05) is 40.7 Å². The normalized spacial score (nSPS) is 26.1. The zero-order valence-electron chi connectivity index (χ0n) is 13.4. The Hall–Kier alpha value is -0.870. The van der Waals surface area contributed by atoms with Crippen LogP contribution < -0.4 is 0 Å². The molecule has 0 aromatic rings. The molecule has 1 aliphatic rings. The van der Waals surface area contributed by atoms with E-state index in [0.29, 0.717) is 18.9 Å². The standard InChI is InChI=1S/C16H29NO3/c1-6-8-12-9-14(15(19)20-16(3,4)5)17(10-12)11-13(18)7-2/h6,8,12-14,18H,7,9-11H2,1-5H3/t12-,13?,14-/m1/s1. The lowest BCUT2D eigenvalue weighted by Crippen LogP contribution is -2.43. The molecule has 0 spiro atoms. The summed E-state index contributed by atoms with van der Waals surface area (Å²) >= 11 is 0. The summed E-state index contributed by atoms with van der Waals surface area (Å²) in [7, 11) is 0. The van der Waals surface area contributed by atoms with Gasteiger partial charge in [0.05, 0.1) is 6.10 Å². The van der Waals surface area contributed by atoms with E-state index in [0.717, 1.165) is 13.0 Å². The third kappa shape index (κ3) is 5.25. The van der Waals surface area contributed by atoms with Crippen LogP contribution in [0, 0.1) is 5.92 Å². The van der Waals surface area contributed by atoms with E-state index in [-0.39, 0.29) is 18.1 Å². The highest BCUT2D eigenvalue weighted by Crippen LogP contribution is 2.27. The molecule has 1 heterocycles. The second-order valence-corrected chi connectivity index (χ2v) is 6.59. The van der Waals surface area contributed by atoms with Gasteiger partial charge in [0.1, 0.15) is 11.6 Å². The number of hydrogen-bond donors (Lipinski definition) is 1. The molecular formula is C16H29NO3. The molecule has 1 rings (SSSR count). The SMILES string of the molecule is CC=C[C@@H]1C[C@H](C(=O)OC(C)(C)C)N(CC(O)CC)C1. The summed E-state index contributed by atoms with van der Waals surface area (Å²) in [5, 5.41) is 9.85. The summed E-state index contributed by atoms with van der Waals surface area (Å²) in [5.41, 5.74) is -0.467. The van der Waals surface area contributed by atoms with Crippen molar-refractivity contribution in [1.29, 1.82) is 0 Å². The number of β-amino-alcohol motifs (C(OH)–C–C–N with tert-alkyl or cyclic N) is 1. The Labute approximate surface area is 122 Å². The first-order valence-electron chi connectivity index (χ1n) is 7.54. The number of hydrogen-bond acceptors (Lipinski definition) is 4. The number of aliphatic hydroxyl groups excluding tert-OH is 1. The van der Waals surface area contributed by atoms with Crippen molar-refractivity contribution in [3.8, 4) is 0 Å². The van der Waals surface area contributed by atoms with Crippen LogP contribution >= 0.6 is 0 Å². The summed E-state index contributed by atoms with van der Waals surface area (Å²) in [6.45, 7) is 10.9. The van der Waals surface area contributed by atoms with E-state index in [1.165, 1.54) is 0 Å². The molecule has 1 saturated heterocycles. The minimum atomic E-state index is -0.467. The smallest absolute Gasteiger partial charge is 0.323 e. The van der Waals surface area contributed by atoms with Gasteiger partial charge in [-0.25, -0.2) is 0 Å². The predicted octanol–water partition coefficient (Wildman–Crippen LogP) is 2.37. The van der Waals surface area contributed by atoms with Gasteiger partial charge in [-0.1, -0.05) is 19.1 Å². The lowest BCUT2D eigenvalue weighted by Gasteiger charge is -2.28. The number of carbonyl (C=O) groups excluding carboxylic acids is 1. The van der Waals surface area contributed by atoms with Gasteiger partial charge in [0, 0.05) is 13.1 Å². The third-order valence-electron chi connectivity index (χ3n) is 3.50. The van der Waals surface area contributed by atoms with E-state index in [2.05, 4.69) is 11.0 Å². The summed E-state index contributed by atoms with van der Waals surface area (Å²) < 4.78 is 5.51. The molecule has 1 fully saturated rings. The Bertz CT molecular complexity index is 346. The first-order chi connectivity index (χ1) is 9.26. The molecule has 0 amide bonds. The van der Waals surface area contributed by atoms with Gasteiger partial charge >= 0.3 is 5.97 Å². The number of ether oxygens (including phenoxy) is 1. The number of aliphatic hydroxyl groups is 1. The van der Waals surface area contributed by atoms with E-state index >= 15 is 0 Å². The van der Waals surface area contributed by atoms with Crippen molar-refractivity contribution in [2.45, 2.75) is 65.2 Å². The number of likely N-dealkylation sites (tertiary alicyclic amines) is 1. The molecule has 1 N–H and O–H groups in total. The maximum atomic E-state index is 12.3. The third-order valence-corrected chi connectivity index (χ3v) is 3.50. The van der Waals surface area contributed by atoms with Crippen LogP contribution in [-0.4, -0.2) is 46.8 Å². The number of esters is 1. The van der Waals surface area contributed by atoms with Gasteiger partial charge in [-0.3, -0.25) is 9.69 Å². The van der Waals surface area contributed by atoms with Gasteiger partial charge in [0.2, 0.25) is 0 Å². The zero-order valence-corrected chi connectivity index (χ0v) is 13.4. The lowest BCUT2D eigenvalue weighted by atomic mass is 10.1. The molecule has 1 aliphatic heterocycles. The minimum absolute atomic E-state index is 0.173. The van der Waals surface area contributed by atoms with Gasteiger partial charge < -0.3 is 9.84 Å². The largest absolute Gasteiger partial charge is 0.459 e. The maximum Gasteiger partial charge on any atom is 0.323 e. The predicted molar refractivity (Wildman–Crippen MR) is 80.4 cm³/mol. The molecular weight excluding hydrogens is 254 g/mol. The summed E-state index contributed by atoms with van der Waals surface area (Å²) in [5.74, 6) is 0.189. The summed E-state index contributed by atoms with van der Waals surface area (Å²) in [6, 6.07) is -0.239. The Morgan fingerprint density at radius 2 is 2.15 bits per heavy atom. The second kappa shape index (κ2) is 7.23. The molecule has 1 unspecified atom stereocenters. The van der Waals surface area contributed by atoms with Crippen LogP contribution in [0.15, 0.2) is 12.2 Å². The topological polar surface area (TPSA) is 49.8 Å². The molecule has 4 nitrogen and oxygen atoms in total. The van der Waals surface area contributed by atoms with Crippen LogP contribution in [0.1, 0.15) is 47.5 Å². The van der Waals surface area contributed by atoms with Gasteiger partial charge in [0.15, 0.2) is 0 Å². The maximum absolute atomic E-state index is 12.3. The highest BCUT2D eigenvalue weighted by atomic mass is 16.6. The second-order valence-electron chi connectivity index (χ2n) is 6.59. The average Bonchev–Trinajstić information content (AvgIpc) is 2.70. The summed E-state index contributed by atoms with van der Waals surface area (Å²) in [4.78, 5) is 14.4. The average molecular weight is 283 g/mol. The first-order valence-corrected chi connectivity index (χ1v) is 7.54. The van der Waals surface area contributed by atoms with E-state index in [9.17, 15) is 9.90 Å². The van der Waals surface area contributed by atoms with Crippen LogP contribution in [0.5, 0.6) is 0 Å². The highest BCUT2D eigenvalue weighted by molar-refractivity contribution is 5.76. The van der Waals surface area contributed by atoms with Gasteiger partial charge in [0.25, 0.3) is 0 Å². The Morgan fingerprint density at radius 3 is 2.65 bits per heavy atom. The van der Waals surface area contributed by atoms with Gasteiger partial charge in [-0.15, -0.1) is 0 Å². The molecule has 0 aliphatic carbocycles. The fourth-order valence-electron chi connectivity index (χ4n) is 2.57. The number of nitrogens with zero attached hydrogens (tertiary/aromatic N) is 1. The van der Waals surface area contributed by atoms with Gasteiger partial charge in [-0.05, 0) is 46.5 Å². The highest BCUT2D eigenvalue weighted by Gasteiger charge is 2.38. The lowest BCUT2D eigenvalue weighted by molar-refractivity contribution is -0.160. The molecule has 0 aromatic carbocycles. The van der Waals surface area contributed by atoms with Crippen molar-refractivity contribution in [2.75, 3.05) is 13.1 Å². The molecule has 0 saturated carbocycles. The molecule has 116 valence electrons. The van der Waals surface area contributed by atoms with Crippen molar-refractivity contribution in [3.63, 3.8) is 0 Å². The van der Waals surface area contributed by atoms with Crippen LogP contribution in [0.3, 0.4) is 0 Å². The van der Waals surface area contributed by atoms with Crippen molar-refractivity contribution in [3.05, 3.63) is 12.2 Å². The van der Waals surface area contributed by atoms with E-state index < -0.39 is 5.60 Å². The van der Waals surface area contributed by atoms with Crippen molar-refractivity contribution in [2.24, 2.45) is 5.92 Å². The Balaban J connectivity index is 2.74. The van der Waals surface area contributed by atoms with Crippen LogP contribution in [0.25, 0.3) is 0 Å². The van der Waals surface area contributed by atoms with E-state index in [4.69, 9.17) is 4.74 Å². The fourth-order valence-corrected chi connectivity index (χ4v) is 2.57. The number of rotatable bonds is 5. The van der Waals surface area contributed by atoms with Crippen molar-refractivity contribution >= 4 is 5.97 Å². The quantitative estimate of drug-likeness (QED) is 0.621.